The molecule has 0 atom stereocenters. The highest BCUT2D eigenvalue weighted by molar-refractivity contribution is 6.37. The van der Waals surface area contributed by atoms with Gasteiger partial charge in [-0.15, -0.1) is 0 Å². The van der Waals surface area contributed by atoms with Gasteiger partial charge in [0.25, 0.3) is 0 Å². The second-order valence-corrected chi connectivity index (χ2v) is 5.33. The zero-order valence-electron chi connectivity index (χ0n) is 14.2. The van der Waals surface area contributed by atoms with Crippen LogP contribution in [0.25, 0.3) is 0 Å². The van der Waals surface area contributed by atoms with Gasteiger partial charge in [-0.25, -0.2) is 0 Å². The van der Waals surface area contributed by atoms with E-state index in [0.29, 0.717) is 24.5 Å². The topological polar surface area (TPSA) is 77.3 Å². The molecule has 0 spiro atoms. The Balaban J connectivity index is 2.00. The third-order valence-corrected chi connectivity index (χ3v) is 3.28. The van der Waals surface area contributed by atoms with E-state index in [1.54, 1.807) is 25.3 Å². The lowest BCUT2D eigenvalue weighted by atomic mass is 10.2. The van der Waals surface area contributed by atoms with Crippen molar-refractivity contribution in [2.45, 2.75) is 39.5 Å². The fourth-order valence-electron chi connectivity index (χ4n) is 1.70. The molecule has 0 bridgehead atoms. The maximum atomic E-state index is 10.9. The number of benzene rings is 1. The van der Waals surface area contributed by atoms with E-state index in [9.17, 15) is 9.59 Å². The van der Waals surface area contributed by atoms with Crippen LogP contribution < -0.4 is 0 Å². The molecule has 0 radical (unpaired) electrons. The highest BCUT2D eigenvalue weighted by Gasteiger charge is 1.97. The SMILES string of the molecule is CC(=O)C(C)=NOCCCCCCON=Cc1ccc(C=O)cc1. The van der Waals surface area contributed by atoms with Crippen molar-refractivity contribution in [1.29, 1.82) is 0 Å². The van der Waals surface area contributed by atoms with Crippen LogP contribution in [0.2, 0.25) is 0 Å². The first-order valence-corrected chi connectivity index (χ1v) is 8.01. The van der Waals surface area contributed by atoms with Gasteiger partial charge in [0.1, 0.15) is 25.2 Å². The van der Waals surface area contributed by atoms with Gasteiger partial charge < -0.3 is 9.68 Å². The number of hydrogen-bond donors (Lipinski definition) is 0. The molecule has 0 heterocycles. The van der Waals surface area contributed by atoms with E-state index in [1.165, 1.54) is 6.92 Å². The third-order valence-electron chi connectivity index (χ3n) is 3.28. The summed E-state index contributed by atoms with van der Waals surface area (Å²) in [7, 11) is 0. The van der Waals surface area contributed by atoms with Crippen molar-refractivity contribution in [1.82, 2.24) is 0 Å². The van der Waals surface area contributed by atoms with E-state index in [2.05, 4.69) is 10.3 Å². The van der Waals surface area contributed by atoms with Crippen LogP contribution in [0.4, 0.5) is 0 Å². The van der Waals surface area contributed by atoms with E-state index in [-0.39, 0.29) is 5.78 Å². The van der Waals surface area contributed by atoms with Crippen molar-refractivity contribution in [2.75, 3.05) is 13.2 Å². The van der Waals surface area contributed by atoms with Gasteiger partial charge in [-0.05, 0) is 38.2 Å². The molecule has 0 saturated heterocycles. The van der Waals surface area contributed by atoms with E-state index in [1.807, 2.05) is 12.1 Å². The molecule has 0 amide bonds. The van der Waals surface area contributed by atoms with Crippen LogP contribution in [0.5, 0.6) is 0 Å². The fourth-order valence-corrected chi connectivity index (χ4v) is 1.70. The lowest BCUT2D eigenvalue weighted by molar-refractivity contribution is -0.111. The molecule has 24 heavy (non-hydrogen) atoms. The molecular formula is C18H24N2O4. The first-order chi connectivity index (χ1) is 11.6. The molecule has 0 unspecified atom stereocenters. The lowest BCUT2D eigenvalue weighted by Gasteiger charge is -2.01. The minimum Gasteiger partial charge on any atom is -0.396 e. The lowest BCUT2D eigenvalue weighted by Crippen LogP contribution is -2.05. The molecule has 0 aliphatic rings. The summed E-state index contributed by atoms with van der Waals surface area (Å²) in [6, 6.07) is 7.09. The van der Waals surface area contributed by atoms with Gasteiger partial charge >= 0.3 is 0 Å². The minimum absolute atomic E-state index is 0.0765. The van der Waals surface area contributed by atoms with Crippen LogP contribution in [0.3, 0.4) is 0 Å². The summed E-state index contributed by atoms with van der Waals surface area (Å²) in [5.41, 5.74) is 1.92. The summed E-state index contributed by atoms with van der Waals surface area (Å²) in [5, 5.41) is 7.62. The zero-order chi connectivity index (χ0) is 17.6. The molecule has 6 nitrogen and oxygen atoms in total. The van der Waals surface area contributed by atoms with Gasteiger partial charge in [0.05, 0.1) is 6.21 Å². The summed E-state index contributed by atoms with van der Waals surface area (Å²) in [6.07, 6.45) is 6.26. The van der Waals surface area contributed by atoms with Crippen molar-refractivity contribution >= 4 is 24.0 Å². The quantitative estimate of drug-likeness (QED) is 0.254. The zero-order valence-corrected chi connectivity index (χ0v) is 14.2. The largest absolute Gasteiger partial charge is 0.396 e. The molecule has 0 fully saturated rings. The summed E-state index contributed by atoms with van der Waals surface area (Å²) >= 11 is 0. The van der Waals surface area contributed by atoms with Gasteiger partial charge in [-0.3, -0.25) is 9.59 Å². The van der Waals surface area contributed by atoms with E-state index < -0.39 is 0 Å². The van der Waals surface area contributed by atoms with Gasteiger partial charge in [-0.2, -0.15) is 0 Å². The van der Waals surface area contributed by atoms with Crippen molar-refractivity contribution < 1.29 is 19.3 Å². The van der Waals surface area contributed by atoms with Crippen LogP contribution in [0.1, 0.15) is 55.5 Å². The van der Waals surface area contributed by atoms with E-state index in [4.69, 9.17) is 9.68 Å². The third kappa shape index (κ3) is 8.82. The van der Waals surface area contributed by atoms with Crippen LogP contribution in [0, 0.1) is 0 Å². The van der Waals surface area contributed by atoms with Gasteiger partial charge in [0.2, 0.25) is 0 Å². The maximum Gasteiger partial charge on any atom is 0.177 e. The Kier molecular flexibility index (Phi) is 9.76. The molecular weight excluding hydrogens is 308 g/mol. The standard InChI is InChI=1S/C18H24N2O4/c1-15(16(2)22)20-24-12-6-4-3-5-11-23-19-13-17-7-9-18(14-21)10-8-17/h7-10,13-14H,3-6,11-12H2,1-2H3. The van der Waals surface area contributed by atoms with Gasteiger partial charge in [0.15, 0.2) is 5.78 Å². The van der Waals surface area contributed by atoms with Crippen LogP contribution in [0.15, 0.2) is 34.6 Å². The number of ketones is 1. The van der Waals surface area contributed by atoms with Crippen LogP contribution in [-0.2, 0) is 14.5 Å². The summed E-state index contributed by atoms with van der Waals surface area (Å²) in [4.78, 5) is 31.7. The molecule has 1 aromatic rings. The molecule has 1 aromatic carbocycles. The second kappa shape index (κ2) is 12.0. The molecule has 130 valence electrons. The number of nitrogens with zero attached hydrogens (tertiary/aromatic N) is 2. The number of carbonyl (C=O) groups excluding carboxylic acids is 2. The number of rotatable bonds is 12. The number of oxime groups is 2. The van der Waals surface area contributed by atoms with Crippen molar-refractivity contribution in [3.63, 3.8) is 0 Å². The Bertz CT molecular complexity index is 565. The van der Waals surface area contributed by atoms with Gasteiger partial charge in [0, 0.05) is 12.5 Å². The summed E-state index contributed by atoms with van der Waals surface area (Å²) in [5.74, 6) is -0.0765. The summed E-state index contributed by atoms with van der Waals surface area (Å²) < 4.78 is 0. The number of hydrogen-bond acceptors (Lipinski definition) is 6. The maximum absolute atomic E-state index is 10.9. The average molecular weight is 332 g/mol. The van der Waals surface area contributed by atoms with Crippen LogP contribution >= 0.6 is 0 Å². The van der Waals surface area contributed by atoms with Crippen molar-refractivity contribution in [2.24, 2.45) is 10.3 Å². The molecule has 0 saturated carbocycles. The predicted octanol–water partition coefficient (Wildman–Crippen LogP) is 3.39. The normalized spacial score (nSPS) is 11.5. The average Bonchev–Trinajstić information content (AvgIpc) is 2.59. The van der Waals surface area contributed by atoms with Crippen LogP contribution in [-0.4, -0.2) is 37.2 Å². The Morgan fingerprint density at radius 2 is 1.54 bits per heavy atom. The van der Waals surface area contributed by atoms with E-state index >= 15 is 0 Å². The summed E-state index contributed by atoms with van der Waals surface area (Å²) in [6.45, 7) is 4.17. The monoisotopic (exact) mass is 332 g/mol. The molecule has 0 aromatic heterocycles. The second-order valence-electron chi connectivity index (χ2n) is 5.33. The molecule has 6 heteroatoms. The number of Topliss-reactive ketones (excluding diaryl/α,β-unsaturated/α-hetero) is 1. The molecule has 0 aliphatic carbocycles. The van der Waals surface area contributed by atoms with Crippen molar-refractivity contribution in [3.8, 4) is 0 Å². The highest BCUT2D eigenvalue weighted by atomic mass is 16.6. The minimum atomic E-state index is -0.0765. The highest BCUT2D eigenvalue weighted by Crippen LogP contribution is 2.02. The Morgan fingerprint density at radius 1 is 0.958 bits per heavy atom. The van der Waals surface area contributed by atoms with Gasteiger partial charge in [-0.1, -0.05) is 34.6 Å². The molecule has 0 N–H and O–H groups in total. The molecule has 0 aliphatic heterocycles. The molecule has 1 rings (SSSR count). The Morgan fingerprint density at radius 3 is 2.12 bits per heavy atom. The predicted molar refractivity (Wildman–Crippen MR) is 93.6 cm³/mol. The number of unbranched alkanes of at least 4 members (excludes halogenated alkanes) is 3. The Labute approximate surface area is 142 Å². The van der Waals surface area contributed by atoms with E-state index in [0.717, 1.165) is 37.5 Å². The number of aldehydes is 1. The van der Waals surface area contributed by atoms with Crippen molar-refractivity contribution in [3.05, 3.63) is 35.4 Å². The number of carbonyl (C=O) groups is 2. The first-order valence-electron chi connectivity index (χ1n) is 8.01. The first kappa shape index (κ1) is 19.5. The Hall–Kier alpha value is -2.50. The smallest absolute Gasteiger partial charge is 0.177 e. The fraction of sp³-hybridized carbons (Fsp3) is 0.444.